The fourth-order valence-corrected chi connectivity index (χ4v) is 4.52. The number of para-hydroxylation sites is 1. The van der Waals surface area contributed by atoms with Crippen molar-refractivity contribution < 1.29 is 4.79 Å². The number of aromatic nitrogens is 4. The van der Waals surface area contributed by atoms with E-state index in [9.17, 15) is 4.79 Å². The van der Waals surface area contributed by atoms with Gasteiger partial charge in [0.25, 0.3) is 5.91 Å². The van der Waals surface area contributed by atoms with E-state index in [2.05, 4.69) is 23.8 Å². The number of fused-ring (bicyclic) bond motifs is 1. The zero-order valence-corrected chi connectivity index (χ0v) is 20.7. The highest BCUT2D eigenvalue weighted by Crippen LogP contribution is 2.29. The van der Waals surface area contributed by atoms with Gasteiger partial charge in [-0.1, -0.05) is 49.7 Å². The molecule has 0 spiro atoms. The Balaban J connectivity index is 1.47. The van der Waals surface area contributed by atoms with E-state index in [0.29, 0.717) is 6.54 Å². The van der Waals surface area contributed by atoms with Crippen molar-refractivity contribution in [2.24, 2.45) is 0 Å². The molecule has 0 radical (unpaired) electrons. The van der Waals surface area contributed by atoms with Gasteiger partial charge in [0.15, 0.2) is 5.65 Å². The van der Waals surface area contributed by atoms with Gasteiger partial charge in [-0.25, -0.2) is 14.6 Å². The molecule has 7 heteroatoms. The molecule has 0 N–H and O–H groups in total. The van der Waals surface area contributed by atoms with Crippen molar-refractivity contribution in [1.82, 2.24) is 24.6 Å². The molecule has 2 aromatic carbocycles. The molecule has 0 aliphatic carbocycles. The monoisotopic (exact) mass is 468 g/mol. The summed E-state index contributed by atoms with van der Waals surface area (Å²) in [5.74, 6) is 2.09. The van der Waals surface area contributed by atoms with Crippen molar-refractivity contribution in [1.29, 1.82) is 0 Å². The number of carbonyl (C=O) groups is 1. The molecule has 1 aliphatic rings. The van der Waals surface area contributed by atoms with Crippen molar-refractivity contribution in [2.45, 2.75) is 39.5 Å². The van der Waals surface area contributed by atoms with Crippen LogP contribution < -0.4 is 4.90 Å². The predicted molar refractivity (Wildman–Crippen MR) is 139 cm³/mol. The second kappa shape index (κ2) is 9.86. The zero-order valence-electron chi connectivity index (χ0n) is 20.7. The van der Waals surface area contributed by atoms with Crippen molar-refractivity contribution in [3.63, 3.8) is 0 Å². The molecule has 7 nitrogen and oxygen atoms in total. The summed E-state index contributed by atoms with van der Waals surface area (Å²) in [6.07, 6.45) is 3.72. The first-order valence-electron chi connectivity index (χ1n) is 12.5. The fraction of sp³-hybridized carbons (Fsp3) is 0.357. The van der Waals surface area contributed by atoms with Gasteiger partial charge in [0.1, 0.15) is 11.6 Å². The van der Waals surface area contributed by atoms with E-state index in [1.807, 2.05) is 77.3 Å². The highest BCUT2D eigenvalue weighted by Gasteiger charge is 2.25. The second-order valence-electron chi connectivity index (χ2n) is 9.34. The van der Waals surface area contributed by atoms with Crippen molar-refractivity contribution in [2.75, 3.05) is 31.1 Å². The Morgan fingerprint density at radius 3 is 2.49 bits per heavy atom. The lowest BCUT2D eigenvalue weighted by atomic mass is 10.1. The minimum atomic E-state index is 0.0943. The van der Waals surface area contributed by atoms with E-state index < -0.39 is 0 Å². The summed E-state index contributed by atoms with van der Waals surface area (Å²) < 4.78 is 1.90. The highest BCUT2D eigenvalue weighted by atomic mass is 16.2. The smallest absolute Gasteiger partial charge is 0.253 e. The number of aryl methyl sites for hydroxylation is 1. The summed E-state index contributed by atoms with van der Waals surface area (Å²) in [4.78, 5) is 27.4. The molecule has 1 amide bonds. The first kappa shape index (κ1) is 23.0. The molecule has 35 heavy (non-hydrogen) atoms. The third-order valence-electron chi connectivity index (χ3n) is 6.86. The van der Waals surface area contributed by atoms with Gasteiger partial charge in [-0.3, -0.25) is 4.79 Å². The van der Waals surface area contributed by atoms with Crippen LogP contribution in [0.15, 0.2) is 60.8 Å². The van der Waals surface area contributed by atoms with Gasteiger partial charge in [0.2, 0.25) is 0 Å². The summed E-state index contributed by atoms with van der Waals surface area (Å²) in [7, 11) is 0. The van der Waals surface area contributed by atoms with Gasteiger partial charge >= 0.3 is 0 Å². The Bertz CT molecular complexity index is 1310. The van der Waals surface area contributed by atoms with E-state index >= 15 is 0 Å². The van der Waals surface area contributed by atoms with Gasteiger partial charge < -0.3 is 9.80 Å². The van der Waals surface area contributed by atoms with Crippen LogP contribution in [-0.4, -0.2) is 56.7 Å². The van der Waals surface area contributed by atoms with Gasteiger partial charge in [-0.2, -0.15) is 5.10 Å². The van der Waals surface area contributed by atoms with Crippen LogP contribution in [0.25, 0.3) is 16.7 Å². The number of rotatable bonds is 5. The molecule has 2 aromatic heterocycles. The van der Waals surface area contributed by atoms with Crippen LogP contribution in [0.2, 0.25) is 0 Å². The summed E-state index contributed by atoms with van der Waals surface area (Å²) in [6, 6.07) is 17.9. The summed E-state index contributed by atoms with van der Waals surface area (Å²) in [5, 5.41) is 5.63. The molecule has 5 rings (SSSR count). The maximum atomic E-state index is 13.1. The van der Waals surface area contributed by atoms with Gasteiger partial charge in [-0.15, -0.1) is 0 Å². The number of hydrogen-bond donors (Lipinski definition) is 0. The average Bonchev–Trinajstić information content (AvgIpc) is 3.17. The topological polar surface area (TPSA) is 67.2 Å². The van der Waals surface area contributed by atoms with E-state index in [1.54, 1.807) is 0 Å². The molecule has 0 bridgehead atoms. The van der Waals surface area contributed by atoms with E-state index in [0.717, 1.165) is 72.0 Å². The van der Waals surface area contributed by atoms with Crippen LogP contribution in [0, 0.1) is 6.92 Å². The third-order valence-corrected chi connectivity index (χ3v) is 6.86. The number of hydrogen-bond acceptors (Lipinski definition) is 5. The quantitative estimate of drug-likeness (QED) is 0.413. The summed E-state index contributed by atoms with van der Waals surface area (Å²) in [5.41, 5.74) is 3.71. The van der Waals surface area contributed by atoms with Crippen LogP contribution >= 0.6 is 0 Å². The van der Waals surface area contributed by atoms with Crippen molar-refractivity contribution >= 4 is 22.8 Å². The second-order valence-corrected chi connectivity index (χ2v) is 9.34. The van der Waals surface area contributed by atoms with Crippen molar-refractivity contribution in [3.05, 3.63) is 77.7 Å². The van der Waals surface area contributed by atoms with Crippen LogP contribution in [0.5, 0.6) is 0 Å². The van der Waals surface area contributed by atoms with Gasteiger partial charge in [0.05, 0.1) is 17.3 Å². The maximum absolute atomic E-state index is 13.1. The van der Waals surface area contributed by atoms with Crippen LogP contribution in [0.1, 0.15) is 54.4 Å². The normalized spacial score (nSPS) is 15.3. The molecular formula is C28H32N6O. The lowest BCUT2D eigenvalue weighted by molar-refractivity contribution is 0.0767. The predicted octanol–water partition coefficient (Wildman–Crippen LogP) is 4.99. The lowest BCUT2D eigenvalue weighted by Gasteiger charge is -2.24. The van der Waals surface area contributed by atoms with E-state index in [-0.39, 0.29) is 11.8 Å². The minimum Gasteiger partial charge on any atom is -0.354 e. The highest BCUT2D eigenvalue weighted by molar-refractivity contribution is 5.94. The number of carbonyl (C=O) groups excluding carboxylic acids is 1. The lowest BCUT2D eigenvalue weighted by Crippen LogP contribution is -2.35. The third kappa shape index (κ3) is 4.63. The van der Waals surface area contributed by atoms with Crippen LogP contribution in [-0.2, 0) is 0 Å². The SMILES string of the molecule is CCC(C)c1nc(N2CCCN(C(=O)c3ccc(C)cc3)CC2)c2cnn(-c3ccccc3)c2n1. The number of benzene rings is 2. The average molecular weight is 469 g/mol. The maximum Gasteiger partial charge on any atom is 0.253 e. The Kier molecular flexibility index (Phi) is 6.49. The molecule has 3 heterocycles. The Hall–Kier alpha value is -3.74. The molecule has 4 aromatic rings. The number of nitrogens with zero attached hydrogens (tertiary/aromatic N) is 6. The zero-order chi connectivity index (χ0) is 24.4. The molecule has 1 atom stereocenters. The Morgan fingerprint density at radius 2 is 1.74 bits per heavy atom. The number of anilines is 1. The minimum absolute atomic E-state index is 0.0943. The standard InChI is InChI=1S/C28H32N6O/c1-4-21(3)25-30-26(24-19-29-34(27(24)31-25)23-9-6-5-7-10-23)32-15-8-16-33(18-17-32)28(35)22-13-11-20(2)12-14-22/h5-7,9-14,19,21H,4,8,15-18H2,1-3H3. The van der Waals surface area contributed by atoms with E-state index in [1.165, 1.54) is 0 Å². The first-order valence-corrected chi connectivity index (χ1v) is 12.5. The Morgan fingerprint density at radius 1 is 0.971 bits per heavy atom. The van der Waals surface area contributed by atoms with Gasteiger partial charge in [0, 0.05) is 37.7 Å². The van der Waals surface area contributed by atoms with Gasteiger partial charge in [-0.05, 0) is 44.0 Å². The molecule has 180 valence electrons. The molecule has 1 fully saturated rings. The number of amides is 1. The van der Waals surface area contributed by atoms with Crippen LogP contribution in [0.3, 0.4) is 0 Å². The fourth-order valence-electron chi connectivity index (χ4n) is 4.52. The molecular weight excluding hydrogens is 436 g/mol. The molecule has 1 aliphatic heterocycles. The molecule has 0 saturated carbocycles. The van der Waals surface area contributed by atoms with Crippen molar-refractivity contribution in [3.8, 4) is 5.69 Å². The summed E-state index contributed by atoms with van der Waals surface area (Å²) >= 11 is 0. The van der Waals surface area contributed by atoms with Crippen LogP contribution in [0.4, 0.5) is 5.82 Å². The largest absolute Gasteiger partial charge is 0.354 e. The molecule has 1 unspecified atom stereocenters. The Labute approximate surface area is 206 Å². The van der Waals surface area contributed by atoms with E-state index in [4.69, 9.17) is 9.97 Å². The first-order chi connectivity index (χ1) is 17.0. The summed E-state index contributed by atoms with van der Waals surface area (Å²) in [6.45, 7) is 9.31. The molecule has 1 saturated heterocycles.